The molecule has 0 atom stereocenters. The lowest BCUT2D eigenvalue weighted by atomic mass is 9.72. The van der Waals surface area contributed by atoms with Gasteiger partial charge in [-0.2, -0.15) is 0 Å². The second-order valence-corrected chi connectivity index (χ2v) is 7.60. The molecular weight excluding hydrogens is 260 g/mol. The minimum Gasteiger partial charge on any atom is -0.299 e. The largest absolute Gasteiger partial charge is 0.299 e. The van der Waals surface area contributed by atoms with Gasteiger partial charge in [0.15, 0.2) is 0 Å². The zero-order valence-electron chi connectivity index (χ0n) is 9.66. The molecule has 0 spiro atoms. The Kier molecular flexibility index (Phi) is 2.83. The average molecular weight is 273 g/mol. The molecule has 0 saturated carbocycles. The SMILES string of the molecule is CC1(C)CC(=O)Cc2cc(S(=O)(=O)Cl)ccc21. The van der Waals surface area contributed by atoms with Crippen molar-refractivity contribution in [3.63, 3.8) is 0 Å². The third kappa shape index (κ3) is 2.38. The van der Waals surface area contributed by atoms with Crippen molar-refractivity contribution >= 4 is 25.5 Å². The van der Waals surface area contributed by atoms with Crippen LogP contribution in [0.25, 0.3) is 0 Å². The van der Waals surface area contributed by atoms with Gasteiger partial charge in [0.05, 0.1) is 4.90 Å². The molecule has 0 radical (unpaired) electrons. The summed E-state index contributed by atoms with van der Waals surface area (Å²) < 4.78 is 22.5. The van der Waals surface area contributed by atoms with Gasteiger partial charge in [0.2, 0.25) is 0 Å². The topological polar surface area (TPSA) is 51.2 Å². The average Bonchev–Trinajstić information content (AvgIpc) is 2.13. The highest BCUT2D eigenvalue weighted by Gasteiger charge is 2.32. The van der Waals surface area contributed by atoms with Crippen LogP contribution >= 0.6 is 10.7 Å². The number of benzene rings is 1. The first-order valence-electron chi connectivity index (χ1n) is 5.30. The smallest absolute Gasteiger partial charge is 0.261 e. The molecule has 0 amide bonds. The number of carbonyl (C=O) groups excluding carboxylic acids is 1. The van der Waals surface area contributed by atoms with E-state index in [1.165, 1.54) is 12.1 Å². The summed E-state index contributed by atoms with van der Waals surface area (Å²) in [4.78, 5) is 11.7. The van der Waals surface area contributed by atoms with Gasteiger partial charge in [-0.05, 0) is 28.7 Å². The maximum Gasteiger partial charge on any atom is 0.261 e. The van der Waals surface area contributed by atoms with E-state index in [4.69, 9.17) is 10.7 Å². The Labute approximate surface area is 105 Å². The maximum atomic E-state index is 11.6. The number of rotatable bonds is 1. The van der Waals surface area contributed by atoms with Crippen molar-refractivity contribution in [1.29, 1.82) is 0 Å². The molecule has 92 valence electrons. The van der Waals surface area contributed by atoms with Crippen LogP contribution in [0.5, 0.6) is 0 Å². The lowest BCUT2D eigenvalue weighted by molar-refractivity contribution is -0.120. The molecule has 1 aliphatic rings. The van der Waals surface area contributed by atoms with Crippen molar-refractivity contribution in [3.05, 3.63) is 29.3 Å². The number of ketones is 1. The van der Waals surface area contributed by atoms with E-state index in [1.54, 1.807) is 6.07 Å². The Hall–Kier alpha value is -0.870. The molecule has 0 bridgehead atoms. The van der Waals surface area contributed by atoms with E-state index in [-0.39, 0.29) is 16.1 Å². The first-order valence-corrected chi connectivity index (χ1v) is 7.61. The minimum atomic E-state index is -3.73. The van der Waals surface area contributed by atoms with Crippen LogP contribution in [0.15, 0.2) is 23.1 Å². The van der Waals surface area contributed by atoms with E-state index in [0.717, 1.165) is 11.1 Å². The van der Waals surface area contributed by atoms with Crippen LogP contribution in [0, 0.1) is 0 Å². The Morgan fingerprint density at radius 2 is 1.94 bits per heavy atom. The molecule has 17 heavy (non-hydrogen) atoms. The Morgan fingerprint density at radius 1 is 1.29 bits per heavy atom. The van der Waals surface area contributed by atoms with Gasteiger partial charge in [-0.3, -0.25) is 4.79 Å². The van der Waals surface area contributed by atoms with Crippen LogP contribution < -0.4 is 0 Å². The summed E-state index contributed by atoms with van der Waals surface area (Å²) in [5.41, 5.74) is 1.56. The fourth-order valence-electron chi connectivity index (χ4n) is 2.39. The predicted molar refractivity (Wildman–Crippen MR) is 65.8 cm³/mol. The van der Waals surface area contributed by atoms with E-state index in [9.17, 15) is 13.2 Å². The Morgan fingerprint density at radius 3 is 2.53 bits per heavy atom. The van der Waals surface area contributed by atoms with Crippen LogP contribution in [0.1, 0.15) is 31.4 Å². The van der Waals surface area contributed by atoms with Gasteiger partial charge >= 0.3 is 0 Å². The Bertz CT molecular complexity index is 588. The molecule has 1 aromatic rings. The lowest BCUT2D eigenvalue weighted by Crippen LogP contribution is -2.29. The third-order valence-electron chi connectivity index (χ3n) is 3.11. The van der Waals surface area contributed by atoms with Crippen molar-refractivity contribution in [3.8, 4) is 0 Å². The molecule has 0 saturated heterocycles. The number of hydrogen-bond donors (Lipinski definition) is 0. The van der Waals surface area contributed by atoms with Gasteiger partial charge in [-0.1, -0.05) is 19.9 Å². The highest BCUT2D eigenvalue weighted by Crippen LogP contribution is 2.36. The fourth-order valence-corrected chi connectivity index (χ4v) is 3.19. The normalized spacial score (nSPS) is 18.9. The first-order chi connectivity index (χ1) is 7.70. The van der Waals surface area contributed by atoms with Crippen LogP contribution in [0.4, 0.5) is 0 Å². The molecule has 3 nitrogen and oxygen atoms in total. The third-order valence-corrected chi connectivity index (χ3v) is 4.47. The Balaban J connectivity index is 2.61. The molecule has 0 aliphatic heterocycles. The molecule has 5 heteroatoms. The van der Waals surface area contributed by atoms with Crippen molar-refractivity contribution in [2.24, 2.45) is 0 Å². The molecular formula is C12H13ClO3S. The second-order valence-electron chi connectivity index (χ2n) is 5.03. The summed E-state index contributed by atoms with van der Waals surface area (Å²) in [6, 6.07) is 4.77. The summed E-state index contributed by atoms with van der Waals surface area (Å²) in [7, 11) is 1.57. The molecule has 0 N–H and O–H groups in total. The molecule has 1 aromatic carbocycles. The van der Waals surface area contributed by atoms with Crippen molar-refractivity contribution in [2.45, 2.75) is 37.0 Å². The molecule has 0 heterocycles. The van der Waals surface area contributed by atoms with Crippen molar-refractivity contribution in [2.75, 3.05) is 0 Å². The van der Waals surface area contributed by atoms with Gasteiger partial charge in [0.25, 0.3) is 9.05 Å². The van der Waals surface area contributed by atoms with E-state index in [2.05, 4.69) is 0 Å². The fraction of sp³-hybridized carbons (Fsp3) is 0.417. The van der Waals surface area contributed by atoms with Crippen molar-refractivity contribution < 1.29 is 13.2 Å². The zero-order chi connectivity index (χ0) is 12.8. The van der Waals surface area contributed by atoms with E-state index >= 15 is 0 Å². The van der Waals surface area contributed by atoms with Crippen LogP contribution in [-0.2, 0) is 25.7 Å². The van der Waals surface area contributed by atoms with Gasteiger partial charge in [-0.25, -0.2) is 8.42 Å². The molecule has 0 unspecified atom stereocenters. The monoisotopic (exact) mass is 272 g/mol. The van der Waals surface area contributed by atoms with Gasteiger partial charge in [0.1, 0.15) is 5.78 Å². The molecule has 2 rings (SSSR count). The second kappa shape index (κ2) is 3.82. The summed E-state index contributed by atoms with van der Waals surface area (Å²) in [6.45, 7) is 3.97. The summed E-state index contributed by atoms with van der Waals surface area (Å²) >= 11 is 0. The first kappa shape index (κ1) is 12.6. The highest BCUT2D eigenvalue weighted by molar-refractivity contribution is 8.13. The van der Waals surface area contributed by atoms with Crippen LogP contribution in [0.3, 0.4) is 0 Å². The maximum absolute atomic E-state index is 11.6. The minimum absolute atomic E-state index is 0.0587. The van der Waals surface area contributed by atoms with Crippen LogP contribution in [0.2, 0.25) is 0 Å². The van der Waals surface area contributed by atoms with E-state index < -0.39 is 9.05 Å². The van der Waals surface area contributed by atoms with Gasteiger partial charge in [-0.15, -0.1) is 0 Å². The summed E-state index contributed by atoms with van der Waals surface area (Å²) in [5, 5.41) is 0. The summed E-state index contributed by atoms with van der Waals surface area (Å²) in [5.74, 6) is 0.131. The van der Waals surface area contributed by atoms with Gasteiger partial charge in [0, 0.05) is 23.5 Å². The quantitative estimate of drug-likeness (QED) is 0.738. The van der Waals surface area contributed by atoms with E-state index in [0.29, 0.717) is 12.8 Å². The predicted octanol–water partition coefficient (Wildman–Crippen LogP) is 2.41. The summed E-state index contributed by atoms with van der Waals surface area (Å²) in [6.07, 6.45) is 0.784. The highest BCUT2D eigenvalue weighted by atomic mass is 35.7. The standard InChI is InChI=1S/C12H13ClO3S/c1-12(2)7-9(14)5-8-6-10(17(13,15)16)3-4-11(8)12/h3-4,6H,5,7H2,1-2H3. The number of carbonyl (C=O) groups is 1. The lowest BCUT2D eigenvalue weighted by Gasteiger charge is -2.31. The number of halogens is 1. The van der Waals surface area contributed by atoms with Crippen molar-refractivity contribution in [1.82, 2.24) is 0 Å². The number of Topliss-reactive ketones (excluding diaryl/α,β-unsaturated/α-hetero) is 1. The van der Waals surface area contributed by atoms with Gasteiger partial charge < -0.3 is 0 Å². The van der Waals surface area contributed by atoms with Crippen LogP contribution in [-0.4, -0.2) is 14.2 Å². The molecule has 0 fully saturated rings. The zero-order valence-corrected chi connectivity index (χ0v) is 11.2. The molecule has 1 aliphatic carbocycles. The number of hydrogen-bond acceptors (Lipinski definition) is 3. The van der Waals surface area contributed by atoms with E-state index in [1.807, 2.05) is 13.8 Å². The molecule has 0 aromatic heterocycles. The number of fused-ring (bicyclic) bond motifs is 1.